The van der Waals surface area contributed by atoms with E-state index in [0.29, 0.717) is 23.3 Å². The van der Waals surface area contributed by atoms with Crippen molar-refractivity contribution in [2.75, 3.05) is 20.2 Å². The molecule has 1 aromatic rings. The molecule has 154 valence electrons. The van der Waals surface area contributed by atoms with Crippen molar-refractivity contribution in [3.05, 3.63) is 46.3 Å². The summed E-state index contributed by atoms with van der Waals surface area (Å²) in [6, 6.07) is 5.10. The minimum Gasteiger partial charge on any atom is -0.504 e. The summed E-state index contributed by atoms with van der Waals surface area (Å²) in [6.45, 7) is 3.42. The third-order valence-corrected chi connectivity index (χ3v) is 6.19. The predicted molar refractivity (Wildman–Crippen MR) is 110 cm³/mol. The van der Waals surface area contributed by atoms with Crippen LogP contribution in [0.4, 0.5) is 0 Å². The standard InChI is InChI=1S/C23H28N2O4/c1-14-20(23(28)25-11-4-3-5-12-25)21(15-9-10-17(26)19(13-15)29-2)22-16(24-14)7-6-8-18(22)27/h9-10,13,21,24,26H,3-8,11-12H2,1-2H3. The van der Waals surface area contributed by atoms with Gasteiger partial charge >= 0.3 is 0 Å². The molecule has 0 aromatic heterocycles. The molecule has 1 atom stereocenters. The summed E-state index contributed by atoms with van der Waals surface area (Å²) in [7, 11) is 1.50. The molecule has 29 heavy (non-hydrogen) atoms. The number of likely N-dealkylation sites (tertiary alicyclic amines) is 1. The van der Waals surface area contributed by atoms with E-state index in [2.05, 4.69) is 5.32 Å². The van der Waals surface area contributed by atoms with Gasteiger partial charge in [-0.2, -0.15) is 0 Å². The Labute approximate surface area is 171 Å². The molecule has 1 amide bonds. The molecule has 4 rings (SSSR count). The molecule has 1 unspecified atom stereocenters. The summed E-state index contributed by atoms with van der Waals surface area (Å²) >= 11 is 0. The smallest absolute Gasteiger partial charge is 0.252 e. The number of rotatable bonds is 3. The molecule has 1 fully saturated rings. The molecule has 0 saturated carbocycles. The van der Waals surface area contributed by atoms with Crippen molar-refractivity contribution in [1.82, 2.24) is 10.2 Å². The molecule has 0 radical (unpaired) electrons. The monoisotopic (exact) mass is 396 g/mol. The van der Waals surface area contributed by atoms with Crippen LogP contribution in [-0.4, -0.2) is 41.9 Å². The average Bonchev–Trinajstić information content (AvgIpc) is 2.73. The third-order valence-electron chi connectivity index (χ3n) is 6.19. The van der Waals surface area contributed by atoms with Gasteiger partial charge in [0, 0.05) is 48.0 Å². The fourth-order valence-electron chi connectivity index (χ4n) is 4.74. The molecule has 6 heteroatoms. The van der Waals surface area contributed by atoms with Crippen LogP contribution in [0.5, 0.6) is 11.5 Å². The van der Waals surface area contributed by atoms with Gasteiger partial charge in [0.2, 0.25) is 0 Å². The molecule has 2 aliphatic heterocycles. The summed E-state index contributed by atoms with van der Waals surface area (Å²) in [5.41, 5.74) is 3.85. The normalized spacial score (nSPS) is 22.3. The van der Waals surface area contributed by atoms with E-state index in [1.54, 1.807) is 18.2 Å². The maximum atomic E-state index is 13.6. The topological polar surface area (TPSA) is 78.9 Å². The van der Waals surface area contributed by atoms with Gasteiger partial charge in [-0.25, -0.2) is 0 Å². The highest BCUT2D eigenvalue weighted by Crippen LogP contribution is 2.44. The third kappa shape index (κ3) is 3.52. The van der Waals surface area contributed by atoms with Crippen molar-refractivity contribution >= 4 is 11.7 Å². The number of carbonyl (C=O) groups is 2. The summed E-state index contributed by atoms with van der Waals surface area (Å²) in [5.74, 6) is 0.0275. The number of Topliss-reactive ketones (excluding diaryl/α,β-unsaturated/α-hetero) is 1. The van der Waals surface area contributed by atoms with Gasteiger partial charge in [0.25, 0.3) is 5.91 Å². The largest absolute Gasteiger partial charge is 0.504 e. The Morgan fingerprint density at radius 3 is 2.66 bits per heavy atom. The van der Waals surface area contributed by atoms with Crippen molar-refractivity contribution in [1.29, 1.82) is 0 Å². The molecule has 0 spiro atoms. The maximum absolute atomic E-state index is 13.6. The second-order valence-electron chi connectivity index (χ2n) is 8.05. The summed E-state index contributed by atoms with van der Waals surface area (Å²) in [5, 5.41) is 13.4. The van der Waals surface area contributed by atoms with Gasteiger partial charge < -0.3 is 20.1 Å². The van der Waals surface area contributed by atoms with Crippen molar-refractivity contribution in [2.24, 2.45) is 0 Å². The van der Waals surface area contributed by atoms with Crippen molar-refractivity contribution in [3.8, 4) is 11.5 Å². The van der Waals surface area contributed by atoms with E-state index in [1.807, 2.05) is 11.8 Å². The number of hydrogen-bond acceptors (Lipinski definition) is 5. The lowest BCUT2D eigenvalue weighted by molar-refractivity contribution is -0.128. The zero-order valence-corrected chi connectivity index (χ0v) is 17.1. The Hall–Kier alpha value is -2.76. The summed E-state index contributed by atoms with van der Waals surface area (Å²) < 4.78 is 5.30. The first-order valence-electron chi connectivity index (χ1n) is 10.4. The lowest BCUT2D eigenvalue weighted by Gasteiger charge is -2.37. The molecular formula is C23H28N2O4. The van der Waals surface area contributed by atoms with Gasteiger partial charge in [-0.15, -0.1) is 0 Å². The van der Waals surface area contributed by atoms with Gasteiger partial charge in [-0.05, 0) is 56.7 Å². The number of methoxy groups -OCH3 is 1. The van der Waals surface area contributed by atoms with Crippen LogP contribution in [0, 0.1) is 0 Å². The van der Waals surface area contributed by atoms with Crippen LogP contribution in [0.2, 0.25) is 0 Å². The summed E-state index contributed by atoms with van der Waals surface area (Å²) in [6.07, 6.45) is 5.28. The minimum absolute atomic E-state index is 0.00309. The second-order valence-corrected chi connectivity index (χ2v) is 8.05. The summed E-state index contributed by atoms with van der Waals surface area (Å²) in [4.78, 5) is 28.4. The second kappa shape index (κ2) is 7.93. The highest BCUT2D eigenvalue weighted by Gasteiger charge is 2.40. The van der Waals surface area contributed by atoms with Crippen LogP contribution in [0.15, 0.2) is 40.7 Å². The van der Waals surface area contributed by atoms with Crippen LogP contribution in [0.25, 0.3) is 0 Å². The molecule has 1 aliphatic carbocycles. The van der Waals surface area contributed by atoms with Crippen molar-refractivity contribution in [3.63, 3.8) is 0 Å². The van der Waals surface area contributed by atoms with Crippen LogP contribution in [0.3, 0.4) is 0 Å². The quantitative estimate of drug-likeness (QED) is 0.819. The number of phenols is 1. The zero-order chi connectivity index (χ0) is 20.5. The maximum Gasteiger partial charge on any atom is 0.252 e. The Bertz CT molecular complexity index is 909. The Morgan fingerprint density at radius 2 is 1.93 bits per heavy atom. The van der Waals surface area contributed by atoms with Gasteiger partial charge in [-0.3, -0.25) is 9.59 Å². The first-order chi connectivity index (χ1) is 14.0. The van der Waals surface area contributed by atoms with Crippen LogP contribution in [0.1, 0.15) is 56.9 Å². The fraction of sp³-hybridized carbons (Fsp3) is 0.478. The highest BCUT2D eigenvalue weighted by molar-refractivity contribution is 6.05. The van der Waals surface area contributed by atoms with E-state index >= 15 is 0 Å². The Balaban J connectivity index is 1.83. The lowest BCUT2D eigenvalue weighted by Crippen LogP contribution is -2.42. The molecule has 0 bridgehead atoms. The van der Waals surface area contributed by atoms with E-state index in [1.165, 1.54) is 7.11 Å². The number of piperidine rings is 1. The molecule has 3 aliphatic rings. The zero-order valence-electron chi connectivity index (χ0n) is 17.1. The number of aromatic hydroxyl groups is 1. The van der Waals surface area contributed by atoms with Gasteiger partial charge in [0.1, 0.15) is 0 Å². The van der Waals surface area contributed by atoms with Crippen LogP contribution in [-0.2, 0) is 9.59 Å². The highest BCUT2D eigenvalue weighted by atomic mass is 16.5. The van der Waals surface area contributed by atoms with E-state index in [9.17, 15) is 14.7 Å². The SMILES string of the molecule is COc1cc(C2C(C(=O)N3CCCCC3)=C(C)NC3=C2C(=O)CCC3)ccc1O. The predicted octanol–water partition coefficient (Wildman–Crippen LogP) is 3.38. The number of carbonyl (C=O) groups excluding carboxylic acids is 2. The number of ether oxygens (including phenoxy) is 1. The molecule has 2 heterocycles. The number of allylic oxidation sites excluding steroid dienone is 3. The molecule has 1 saturated heterocycles. The number of nitrogens with one attached hydrogen (secondary N) is 1. The molecule has 1 aromatic carbocycles. The van der Waals surface area contributed by atoms with E-state index < -0.39 is 5.92 Å². The van der Waals surface area contributed by atoms with Crippen LogP contribution >= 0.6 is 0 Å². The molecule has 2 N–H and O–H groups in total. The Morgan fingerprint density at radius 1 is 1.17 bits per heavy atom. The number of amides is 1. The van der Waals surface area contributed by atoms with Crippen molar-refractivity contribution < 1.29 is 19.4 Å². The van der Waals surface area contributed by atoms with Crippen LogP contribution < -0.4 is 10.1 Å². The van der Waals surface area contributed by atoms with E-state index in [4.69, 9.17) is 4.74 Å². The number of nitrogens with zero attached hydrogens (tertiary/aromatic N) is 1. The molecular weight excluding hydrogens is 368 g/mol. The first kappa shape index (κ1) is 19.6. The van der Waals surface area contributed by atoms with Gasteiger partial charge in [0.05, 0.1) is 7.11 Å². The average molecular weight is 396 g/mol. The fourth-order valence-corrected chi connectivity index (χ4v) is 4.74. The van der Waals surface area contributed by atoms with Gasteiger partial charge in [-0.1, -0.05) is 6.07 Å². The number of ketones is 1. The number of benzene rings is 1. The minimum atomic E-state index is -0.442. The lowest BCUT2D eigenvalue weighted by atomic mass is 9.74. The number of dihydropyridines is 1. The first-order valence-corrected chi connectivity index (χ1v) is 10.4. The van der Waals surface area contributed by atoms with E-state index in [0.717, 1.165) is 62.2 Å². The van der Waals surface area contributed by atoms with Gasteiger partial charge in [0.15, 0.2) is 17.3 Å². The number of phenolic OH excluding ortho intramolecular Hbond substituents is 1. The number of hydrogen-bond donors (Lipinski definition) is 2. The van der Waals surface area contributed by atoms with E-state index in [-0.39, 0.29) is 17.4 Å². The molecule has 6 nitrogen and oxygen atoms in total. The van der Waals surface area contributed by atoms with Crippen molar-refractivity contribution in [2.45, 2.75) is 51.4 Å². The Kier molecular flexibility index (Phi) is 5.35.